The van der Waals surface area contributed by atoms with Crippen molar-refractivity contribution in [2.45, 2.75) is 51.2 Å². The molecule has 1 saturated heterocycles. The van der Waals surface area contributed by atoms with E-state index in [1.165, 1.54) is 7.11 Å². The first-order valence-corrected chi connectivity index (χ1v) is 9.07. The monoisotopic (exact) mass is 375 g/mol. The van der Waals surface area contributed by atoms with Crippen molar-refractivity contribution in [3.05, 3.63) is 36.4 Å². The third-order valence-electron chi connectivity index (χ3n) is 4.65. The highest BCUT2D eigenvalue weighted by atomic mass is 16.6. The molecule has 0 aliphatic carbocycles. The normalized spacial score (nSPS) is 19.5. The second-order valence-electron chi connectivity index (χ2n) is 7.66. The molecule has 1 aromatic rings. The summed E-state index contributed by atoms with van der Waals surface area (Å²) in [6, 6.07) is 5.04. The zero-order chi connectivity index (χ0) is 20.2. The summed E-state index contributed by atoms with van der Waals surface area (Å²) in [5.74, 6) is 0.868. The number of hydrogen-bond acceptors (Lipinski definition) is 5. The minimum atomic E-state index is -0.996. The first-order valence-electron chi connectivity index (χ1n) is 9.07. The molecule has 1 aliphatic rings. The Balaban J connectivity index is 2.43. The first kappa shape index (κ1) is 20.8. The lowest BCUT2D eigenvalue weighted by atomic mass is 9.83. The van der Waals surface area contributed by atoms with Crippen LogP contribution in [0.2, 0.25) is 0 Å². The lowest BCUT2D eigenvalue weighted by Crippen LogP contribution is -2.54. The molecule has 0 aromatic heterocycles. The largest absolute Gasteiger partial charge is 0.493 e. The van der Waals surface area contributed by atoms with Crippen molar-refractivity contribution in [2.75, 3.05) is 20.8 Å². The molecule has 1 fully saturated rings. The summed E-state index contributed by atoms with van der Waals surface area (Å²) in [4.78, 5) is 27.9. The van der Waals surface area contributed by atoms with Gasteiger partial charge in [0.2, 0.25) is 0 Å². The van der Waals surface area contributed by atoms with E-state index < -0.39 is 17.2 Å². The van der Waals surface area contributed by atoms with Crippen LogP contribution in [0.5, 0.6) is 11.5 Å². The summed E-state index contributed by atoms with van der Waals surface area (Å²) in [7, 11) is 3.06. The molecule has 148 valence electrons. The Morgan fingerprint density at radius 2 is 1.89 bits per heavy atom. The van der Waals surface area contributed by atoms with Crippen LogP contribution in [0.4, 0.5) is 4.79 Å². The van der Waals surface area contributed by atoms with Crippen LogP contribution >= 0.6 is 0 Å². The Kier molecular flexibility index (Phi) is 6.19. The number of ketones is 1. The van der Waals surface area contributed by atoms with E-state index in [4.69, 9.17) is 14.2 Å². The van der Waals surface area contributed by atoms with Crippen LogP contribution in [-0.2, 0) is 4.74 Å². The van der Waals surface area contributed by atoms with Gasteiger partial charge in [-0.15, -0.1) is 6.58 Å². The Morgan fingerprint density at radius 3 is 2.44 bits per heavy atom. The highest BCUT2D eigenvalue weighted by Crippen LogP contribution is 2.38. The number of hydrogen-bond donors (Lipinski definition) is 0. The summed E-state index contributed by atoms with van der Waals surface area (Å²) < 4.78 is 16.1. The van der Waals surface area contributed by atoms with Gasteiger partial charge in [0.15, 0.2) is 17.3 Å². The quantitative estimate of drug-likeness (QED) is 0.550. The van der Waals surface area contributed by atoms with Crippen LogP contribution in [-0.4, -0.2) is 48.7 Å². The predicted molar refractivity (Wildman–Crippen MR) is 104 cm³/mol. The number of methoxy groups -OCH3 is 2. The topological polar surface area (TPSA) is 65.1 Å². The fraction of sp³-hybridized carbons (Fsp3) is 0.524. The average Bonchev–Trinajstić information content (AvgIpc) is 3.04. The highest BCUT2D eigenvalue weighted by Gasteiger charge is 2.50. The van der Waals surface area contributed by atoms with E-state index in [1.807, 2.05) is 20.8 Å². The summed E-state index contributed by atoms with van der Waals surface area (Å²) in [5, 5.41) is 0. The molecule has 1 aromatic carbocycles. The number of benzene rings is 1. The minimum absolute atomic E-state index is 0.147. The first-order chi connectivity index (χ1) is 12.7. The van der Waals surface area contributed by atoms with Crippen LogP contribution in [0.1, 0.15) is 50.4 Å². The van der Waals surface area contributed by atoms with Crippen LogP contribution < -0.4 is 9.47 Å². The number of amides is 1. The van der Waals surface area contributed by atoms with Gasteiger partial charge in [-0.3, -0.25) is 9.69 Å². The van der Waals surface area contributed by atoms with Crippen molar-refractivity contribution in [2.24, 2.45) is 0 Å². The van der Waals surface area contributed by atoms with Crippen LogP contribution in [0.3, 0.4) is 0 Å². The fourth-order valence-corrected chi connectivity index (χ4v) is 3.49. The molecule has 0 bridgehead atoms. The Hall–Kier alpha value is -2.50. The number of rotatable bonds is 6. The molecule has 0 unspecified atom stereocenters. The molecular formula is C21H29NO5. The number of nitrogens with zero attached hydrogens (tertiary/aromatic N) is 1. The van der Waals surface area contributed by atoms with E-state index in [1.54, 1.807) is 36.3 Å². The number of likely N-dealkylation sites (tertiary alicyclic amines) is 1. The third kappa shape index (κ3) is 4.26. The van der Waals surface area contributed by atoms with Crippen molar-refractivity contribution in [1.29, 1.82) is 0 Å². The molecule has 0 N–H and O–H groups in total. The van der Waals surface area contributed by atoms with Gasteiger partial charge in [0.05, 0.1) is 14.2 Å². The molecule has 6 nitrogen and oxygen atoms in total. The van der Waals surface area contributed by atoms with E-state index in [2.05, 4.69) is 6.58 Å². The molecule has 27 heavy (non-hydrogen) atoms. The summed E-state index contributed by atoms with van der Waals surface area (Å²) in [6.07, 6.45) is 2.86. The third-order valence-corrected chi connectivity index (χ3v) is 4.65. The molecule has 1 aliphatic heterocycles. The molecule has 0 spiro atoms. The lowest BCUT2D eigenvalue weighted by molar-refractivity contribution is 0.00912. The zero-order valence-electron chi connectivity index (χ0n) is 16.8. The Bertz CT molecular complexity index is 722. The van der Waals surface area contributed by atoms with Crippen LogP contribution in [0.15, 0.2) is 30.9 Å². The van der Waals surface area contributed by atoms with E-state index in [0.717, 1.165) is 6.42 Å². The standard InChI is InChI=1S/C21H29NO5/c1-7-11-21(12-8-13-22(21)19(24)27-20(2,3)4)18(23)15-9-10-16(25-5)17(14-15)26-6/h7,9-10,14H,1,8,11-13H2,2-6H3/t21-/m1/s1. The van der Waals surface area contributed by atoms with Gasteiger partial charge in [-0.25, -0.2) is 4.79 Å². The molecule has 0 radical (unpaired) electrons. The van der Waals surface area contributed by atoms with Crippen molar-refractivity contribution < 1.29 is 23.8 Å². The molecule has 1 amide bonds. The number of ether oxygens (including phenoxy) is 3. The second-order valence-corrected chi connectivity index (χ2v) is 7.66. The van der Waals surface area contributed by atoms with Gasteiger partial charge < -0.3 is 14.2 Å². The van der Waals surface area contributed by atoms with Crippen LogP contribution in [0, 0.1) is 0 Å². The van der Waals surface area contributed by atoms with Crippen molar-refractivity contribution >= 4 is 11.9 Å². The molecule has 2 rings (SSSR count). The van der Waals surface area contributed by atoms with Gasteiger partial charge >= 0.3 is 6.09 Å². The molecule has 0 saturated carbocycles. The van der Waals surface area contributed by atoms with Gasteiger partial charge in [0, 0.05) is 12.1 Å². The van der Waals surface area contributed by atoms with E-state index in [0.29, 0.717) is 36.4 Å². The zero-order valence-corrected chi connectivity index (χ0v) is 16.8. The predicted octanol–water partition coefficient (Wildman–Crippen LogP) is 4.23. The second kappa shape index (κ2) is 8.03. The molecule has 1 heterocycles. The van der Waals surface area contributed by atoms with Gasteiger partial charge in [-0.05, 0) is 58.2 Å². The van der Waals surface area contributed by atoms with Gasteiger partial charge in [-0.1, -0.05) is 6.08 Å². The highest BCUT2D eigenvalue weighted by molar-refractivity contribution is 6.05. The Morgan fingerprint density at radius 1 is 1.22 bits per heavy atom. The smallest absolute Gasteiger partial charge is 0.411 e. The maximum absolute atomic E-state index is 13.5. The van der Waals surface area contributed by atoms with Gasteiger partial charge in [0.1, 0.15) is 11.1 Å². The minimum Gasteiger partial charge on any atom is -0.493 e. The SMILES string of the molecule is C=CC[C@]1(C(=O)c2ccc(OC)c(OC)c2)CCCN1C(=O)OC(C)(C)C. The van der Waals surface area contributed by atoms with E-state index in [9.17, 15) is 9.59 Å². The number of carbonyl (C=O) groups is 2. The number of Topliss-reactive ketones (excluding diaryl/α,β-unsaturated/α-hetero) is 1. The summed E-state index contributed by atoms with van der Waals surface area (Å²) in [5.41, 5.74) is -1.17. The average molecular weight is 375 g/mol. The van der Waals surface area contributed by atoms with E-state index in [-0.39, 0.29) is 5.78 Å². The Labute approximate surface area is 161 Å². The van der Waals surface area contributed by atoms with Crippen molar-refractivity contribution in [1.82, 2.24) is 4.90 Å². The number of carbonyl (C=O) groups excluding carboxylic acids is 2. The molecule has 6 heteroatoms. The van der Waals surface area contributed by atoms with Crippen LogP contribution in [0.25, 0.3) is 0 Å². The van der Waals surface area contributed by atoms with Crippen molar-refractivity contribution in [3.8, 4) is 11.5 Å². The maximum atomic E-state index is 13.5. The fourth-order valence-electron chi connectivity index (χ4n) is 3.49. The van der Waals surface area contributed by atoms with E-state index >= 15 is 0 Å². The maximum Gasteiger partial charge on any atom is 0.411 e. The molecule has 1 atom stereocenters. The van der Waals surface area contributed by atoms with Crippen molar-refractivity contribution in [3.63, 3.8) is 0 Å². The molecular weight excluding hydrogens is 346 g/mol. The van der Waals surface area contributed by atoms with Gasteiger partial charge in [0.25, 0.3) is 0 Å². The summed E-state index contributed by atoms with van der Waals surface area (Å²) in [6.45, 7) is 9.71. The lowest BCUT2D eigenvalue weighted by Gasteiger charge is -2.37. The van der Waals surface area contributed by atoms with Gasteiger partial charge in [-0.2, -0.15) is 0 Å². The summed E-state index contributed by atoms with van der Waals surface area (Å²) >= 11 is 0.